The van der Waals surface area contributed by atoms with Crippen LogP contribution in [0.25, 0.3) is 10.9 Å². The molecule has 27 heavy (non-hydrogen) atoms. The third kappa shape index (κ3) is 3.81. The minimum atomic E-state index is -0.694. The Hall–Kier alpha value is -3.23. The second-order valence-electron chi connectivity index (χ2n) is 6.32. The molecule has 9 nitrogen and oxygen atoms in total. The molecule has 0 bridgehead atoms. The van der Waals surface area contributed by atoms with E-state index in [0.717, 1.165) is 17.7 Å². The molecule has 2 amide bonds. The predicted molar refractivity (Wildman–Crippen MR) is 96.3 cm³/mol. The van der Waals surface area contributed by atoms with Crippen LogP contribution in [0.2, 0.25) is 0 Å². The Kier molecular flexibility index (Phi) is 5.20. The standard InChI is InChI=1S/C18H20N4O5/c1-19-15(23)9-21(2)16(24)10-27-18(26)11-5-6-12-13(8-11)20-14-4-3-7-22(14)17(12)25/h5-6,8H,3-4,7,9-10H2,1-2H3,(H,19,23). The third-order valence-corrected chi connectivity index (χ3v) is 4.46. The van der Waals surface area contributed by atoms with E-state index in [1.54, 1.807) is 10.6 Å². The van der Waals surface area contributed by atoms with Crippen LogP contribution in [-0.2, 0) is 27.3 Å². The summed E-state index contributed by atoms with van der Waals surface area (Å²) >= 11 is 0. The van der Waals surface area contributed by atoms with E-state index < -0.39 is 18.5 Å². The summed E-state index contributed by atoms with van der Waals surface area (Å²) in [6.45, 7) is 0.0546. The summed E-state index contributed by atoms with van der Waals surface area (Å²) in [6.07, 6.45) is 1.60. The molecular formula is C18H20N4O5. The highest BCUT2D eigenvalue weighted by atomic mass is 16.5. The van der Waals surface area contributed by atoms with E-state index >= 15 is 0 Å². The van der Waals surface area contributed by atoms with Crippen LogP contribution >= 0.6 is 0 Å². The summed E-state index contributed by atoms with van der Waals surface area (Å²) in [6, 6.07) is 4.53. The fourth-order valence-electron chi connectivity index (χ4n) is 2.91. The number of ether oxygens (including phenoxy) is 1. The molecule has 1 aromatic heterocycles. The number of nitrogens with zero attached hydrogens (tertiary/aromatic N) is 3. The topological polar surface area (TPSA) is 111 Å². The molecule has 1 aliphatic heterocycles. The SMILES string of the molecule is CNC(=O)CN(C)C(=O)COC(=O)c1ccc2c(=O)n3c(nc2c1)CCC3. The number of aryl methyl sites for hydroxylation is 1. The number of nitrogens with one attached hydrogen (secondary N) is 1. The van der Waals surface area contributed by atoms with Gasteiger partial charge in [-0.3, -0.25) is 19.0 Å². The molecule has 0 fully saturated rings. The molecular weight excluding hydrogens is 352 g/mol. The molecule has 2 heterocycles. The van der Waals surface area contributed by atoms with Gasteiger partial charge in [-0.05, 0) is 24.6 Å². The molecule has 0 saturated heterocycles. The maximum Gasteiger partial charge on any atom is 0.338 e. The van der Waals surface area contributed by atoms with Gasteiger partial charge in [0.25, 0.3) is 11.5 Å². The number of benzene rings is 1. The van der Waals surface area contributed by atoms with E-state index in [9.17, 15) is 19.2 Å². The molecule has 0 saturated carbocycles. The van der Waals surface area contributed by atoms with E-state index in [2.05, 4.69) is 10.3 Å². The second kappa shape index (κ2) is 7.56. The number of likely N-dealkylation sites (N-methyl/N-ethyl adjacent to an activating group) is 2. The first-order valence-corrected chi connectivity index (χ1v) is 8.56. The van der Waals surface area contributed by atoms with E-state index in [1.165, 1.54) is 26.2 Å². The number of carbonyl (C=O) groups excluding carboxylic acids is 3. The van der Waals surface area contributed by atoms with Crippen molar-refractivity contribution in [2.24, 2.45) is 0 Å². The van der Waals surface area contributed by atoms with Gasteiger partial charge in [-0.25, -0.2) is 9.78 Å². The van der Waals surface area contributed by atoms with Crippen LogP contribution in [0, 0.1) is 0 Å². The molecule has 0 unspecified atom stereocenters. The van der Waals surface area contributed by atoms with Crippen molar-refractivity contribution in [2.45, 2.75) is 19.4 Å². The highest BCUT2D eigenvalue weighted by Crippen LogP contribution is 2.16. The van der Waals surface area contributed by atoms with Crippen molar-refractivity contribution in [2.75, 3.05) is 27.2 Å². The summed E-state index contributed by atoms with van der Waals surface area (Å²) < 4.78 is 6.68. The van der Waals surface area contributed by atoms with Gasteiger partial charge in [0.1, 0.15) is 5.82 Å². The number of hydrogen-bond acceptors (Lipinski definition) is 6. The van der Waals surface area contributed by atoms with Gasteiger partial charge in [0.15, 0.2) is 6.61 Å². The van der Waals surface area contributed by atoms with E-state index in [1.807, 2.05) is 0 Å². The number of rotatable bonds is 5. The summed E-state index contributed by atoms with van der Waals surface area (Å²) in [7, 11) is 2.91. The van der Waals surface area contributed by atoms with E-state index in [-0.39, 0.29) is 23.6 Å². The molecule has 9 heteroatoms. The van der Waals surface area contributed by atoms with E-state index in [4.69, 9.17) is 4.74 Å². The fourth-order valence-corrected chi connectivity index (χ4v) is 2.91. The van der Waals surface area contributed by atoms with Crippen molar-refractivity contribution in [3.05, 3.63) is 39.9 Å². The zero-order valence-electron chi connectivity index (χ0n) is 15.2. The van der Waals surface area contributed by atoms with Gasteiger partial charge in [-0.1, -0.05) is 0 Å². The molecule has 1 aromatic carbocycles. The quantitative estimate of drug-likeness (QED) is 0.722. The summed E-state index contributed by atoms with van der Waals surface area (Å²) in [4.78, 5) is 53.5. The molecule has 0 aliphatic carbocycles. The summed E-state index contributed by atoms with van der Waals surface area (Å²) in [5.41, 5.74) is 0.531. The van der Waals surface area contributed by atoms with Gasteiger partial charge >= 0.3 is 5.97 Å². The molecule has 3 rings (SSSR count). The van der Waals surface area contributed by atoms with E-state index in [0.29, 0.717) is 23.3 Å². The minimum Gasteiger partial charge on any atom is -0.452 e. The Bertz CT molecular complexity index is 982. The lowest BCUT2D eigenvalue weighted by atomic mass is 10.1. The highest BCUT2D eigenvalue weighted by molar-refractivity contribution is 5.95. The van der Waals surface area contributed by atoms with Crippen LogP contribution in [-0.4, -0.2) is 59.5 Å². The van der Waals surface area contributed by atoms with Gasteiger partial charge < -0.3 is 15.0 Å². The Morgan fingerprint density at radius 2 is 2.11 bits per heavy atom. The van der Waals surface area contributed by atoms with Crippen LogP contribution in [0.15, 0.2) is 23.0 Å². The lowest BCUT2D eigenvalue weighted by Gasteiger charge is -2.16. The van der Waals surface area contributed by atoms with Gasteiger partial charge in [0, 0.05) is 27.1 Å². The monoisotopic (exact) mass is 372 g/mol. The van der Waals surface area contributed by atoms with Crippen LogP contribution in [0.5, 0.6) is 0 Å². The molecule has 0 spiro atoms. The maximum atomic E-state index is 12.4. The van der Waals surface area contributed by atoms with Gasteiger partial charge in [-0.2, -0.15) is 0 Å². The van der Waals surface area contributed by atoms with Crippen molar-refractivity contribution in [1.29, 1.82) is 0 Å². The normalized spacial score (nSPS) is 12.5. The van der Waals surface area contributed by atoms with Crippen molar-refractivity contribution in [3.63, 3.8) is 0 Å². The summed E-state index contributed by atoms with van der Waals surface area (Å²) in [5, 5.41) is 2.85. The maximum absolute atomic E-state index is 12.4. The Morgan fingerprint density at radius 1 is 1.33 bits per heavy atom. The smallest absolute Gasteiger partial charge is 0.338 e. The largest absolute Gasteiger partial charge is 0.452 e. The Morgan fingerprint density at radius 3 is 2.85 bits per heavy atom. The minimum absolute atomic E-state index is 0.113. The van der Waals surface area contributed by atoms with Crippen molar-refractivity contribution >= 4 is 28.7 Å². The highest BCUT2D eigenvalue weighted by Gasteiger charge is 2.19. The average molecular weight is 372 g/mol. The number of carbonyl (C=O) groups is 3. The molecule has 0 radical (unpaired) electrons. The number of fused-ring (bicyclic) bond motifs is 2. The zero-order valence-corrected chi connectivity index (χ0v) is 15.2. The molecule has 142 valence electrons. The van der Waals surface area contributed by atoms with Crippen LogP contribution in [0.4, 0.5) is 0 Å². The van der Waals surface area contributed by atoms with Gasteiger partial charge in [0.05, 0.1) is 23.0 Å². The number of hydrogen-bond donors (Lipinski definition) is 1. The van der Waals surface area contributed by atoms with Crippen LogP contribution in [0.3, 0.4) is 0 Å². The third-order valence-electron chi connectivity index (χ3n) is 4.46. The van der Waals surface area contributed by atoms with Crippen molar-refractivity contribution in [1.82, 2.24) is 19.8 Å². The number of amides is 2. The first kappa shape index (κ1) is 18.6. The van der Waals surface area contributed by atoms with Gasteiger partial charge in [0.2, 0.25) is 5.91 Å². The van der Waals surface area contributed by atoms with Crippen molar-refractivity contribution in [3.8, 4) is 0 Å². The molecule has 2 aromatic rings. The Balaban J connectivity index is 1.71. The second-order valence-corrected chi connectivity index (χ2v) is 6.32. The molecule has 1 N–H and O–H groups in total. The molecule has 1 aliphatic rings. The van der Waals surface area contributed by atoms with Gasteiger partial charge in [-0.15, -0.1) is 0 Å². The Labute approximate surface area is 154 Å². The first-order chi connectivity index (χ1) is 12.9. The summed E-state index contributed by atoms with van der Waals surface area (Å²) in [5.74, 6) is -0.802. The zero-order chi connectivity index (χ0) is 19.6. The number of esters is 1. The first-order valence-electron chi connectivity index (χ1n) is 8.56. The lowest BCUT2D eigenvalue weighted by Crippen LogP contribution is -2.39. The van der Waals surface area contributed by atoms with Crippen LogP contribution in [0.1, 0.15) is 22.6 Å². The van der Waals surface area contributed by atoms with Crippen LogP contribution < -0.4 is 10.9 Å². The fraction of sp³-hybridized carbons (Fsp3) is 0.389. The van der Waals surface area contributed by atoms with Crippen molar-refractivity contribution < 1.29 is 19.1 Å². The average Bonchev–Trinajstić information content (AvgIpc) is 3.14. The number of aromatic nitrogens is 2. The molecule has 0 atom stereocenters. The predicted octanol–water partition coefficient (Wildman–Crippen LogP) is -0.296. The lowest BCUT2D eigenvalue weighted by molar-refractivity contribution is -0.137.